The Balaban J connectivity index is 1.35. The molecular weight excluding hydrogens is 306 g/mol. The van der Waals surface area contributed by atoms with E-state index in [-0.39, 0.29) is 23.4 Å². The van der Waals surface area contributed by atoms with Crippen LogP contribution in [0.4, 0.5) is 4.79 Å². The molecule has 0 aromatic heterocycles. The van der Waals surface area contributed by atoms with E-state index >= 15 is 0 Å². The number of carbonyl (C=O) groups is 2. The fourth-order valence-electron chi connectivity index (χ4n) is 5.31. The van der Waals surface area contributed by atoms with Gasteiger partial charge in [-0.3, -0.25) is 4.79 Å². The minimum absolute atomic E-state index is 0.0377. The number of nitrogens with one attached hydrogen (secondary N) is 1. The predicted octanol–water partition coefficient (Wildman–Crippen LogP) is 1.74. The number of likely N-dealkylation sites (tertiary alicyclic amines) is 1. The van der Waals surface area contributed by atoms with Gasteiger partial charge in [0.15, 0.2) is 0 Å². The Labute approximate surface area is 150 Å². The number of fused-ring (bicyclic) bond motifs is 2. The molecule has 0 aromatic carbocycles. The van der Waals surface area contributed by atoms with E-state index in [2.05, 4.69) is 10.2 Å². The fraction of sp³-hybridized carbons (Fsp3) is 0.889. The number of ether oxygens (including phenoxy) is 1. The third kappa shape index (κ3) is 2.79. The number of rotatable bonds is 2. The van der Waals surface area contributed by atoms with E-state index in [9.17, 15) is 9.59 Å². The van der Waals surface area contributed by atoms with E-state index in [4.69, 9.17) is 11.6 Å². The third-order valence-corrected chi connectivity index (χ3v) is 6.63. The molecule has 4 aliphatic heterocycles. The summed E-state index contributed by atoms with van der Waals surface area (Å²) in [7, 11) is 0. The third-order valence-electron chi connectivity index (χ3n) is 6.63. The highest BCUT2D eigenvalue weighted by molar-refractivity contribution is 5.79. The number of hydrogen-bond acceptors (Lipinski definition) is 4. The van der Waals surface area contributed by atoms with Crippen LogP contribution in [0, 0.1) is 5.41 Å². The maximum atomic E-state index is 12.6. The van der Waals surface area contributed by atoms with Crippen LogP contribution in [0.25, 0.3) is 0 Å². The molecule has 0 saturated carbocycles. The molecule has 0 aliphatic carbocycles. The molecule has 0 aromatic rings. The topological polar surface area (TPSA) is 61.9 Å². The molecule has 4 rings (SSSR count). The first-order chi connectivity index (χ1) is 13.5. The van der Waals surface area contributed by atoms with Crippen LogP contribution in [0.5, 0.6) is 0 Å². The van der Waals surface area contributed by atoms with Gasteiger partial charge < -0.3 is 19.9 Å². The molecule has 2 atom stereocenters. The summed E-state index contributed by atoms with van der Waals surface area (Å²) in [5.74, 6) is 0.153. The summed E-state index contributed by atoms with van der Waals surface area (Å²) in [5.41, 5.74) is 0.109. The SMILES string of the molecule is [2H]C([2H])([2H])C([2H])([2H])OC(=O)N1C2CCC1CC(N1CCC3(CC1)CNC(=O)C3)C2. The van der Waals surface area contributed by atoms with Crippen molar-refractivity contribution in [1.29, 1.82) is 0 Å². The van der Waals surface area contributed by atoms with Gasteiger partial charge >= 0.3 is 6.09 Å². The van der Waals surface area contributed by atoms with Gasteiger partial charge in [0, 0.05) is 35.2 Å². The smallest absolute Gasteiger partial charge is 0.410 e. The zero-order valence-corrected chi connectivity index (χ0v) is 13.9. The summed E-state index contributed by atoms with van der Waals surface area (Å²) in [6.07, 6.45) is 5.04. The highest BCUT2D eigenvalue weighted by Crippen LogP contribution is 2.42. The van der Waals surface area contributed by atoms with E-state index in [0.717, 1.165) is 58.2 Å². The molecule has 134 valence electrons. The molecular formula is C18H29N3O3. The van der Waals surface area contributed by atoms with Crippen LogP contribution in [-0.2, 0) is 9.53 Å². The van der Waals surface area contributed by atoms with E-state index in [0.29, 0.717) is 12.5 Å². The molecule has 24 heavy (non-hydrogen) atoms. The Bertz CT molecular complexity index is 664. The molecule has 4 heterocycles. The quantitative estimate of drug-likeness (QED) is 0.832. The number of hydrogen-bond donors (Lipinski definition) is 1. The summed E-state index contributed by atoms with van der Waals surface area (Å²) < 4.78 is 41.6. The van der Waals surface area contributed by atoms with Crippen LogP contribution in [0.2, 0.25) is 0 Å². The lowest BCUT2D eigenvalue weighted by atomic mass is 9.77. The number of nitrogens with zero attached hydrogens (tertiary/aromatic N) is 2. The van der Waals surface area contributed by atoms with Crippen molar-refractivity contribution < 1.29 is 21.2 Å². The van der Waals surface area contributed by atoms with Gasteiger partial charge in [0.05, 0.1) is 9.30 Å². The molecule has 2 amide bonds. The van der Waals surface area contributed by atoms with Crippen molar-refractivity contribution in [3.8, 4) is 0 Å². The molecule has 6 nitrogen and oxygen atoms in total. The van der Waals surface area contributed by atoms with Gasteiger partial charge in [-0.25, -0.2) is 4.79 Å². The van der Waals surface area contributed by atoms with Crippen LogP contribution in [0.3, 0.4) is 0 Å². The maximum Gasteiger partial charge on any atom is 0.410 e. The predicted molar refractivity (Wildman–Crippen MR) is 89.6 cm³/mol. The summed E-state index contributed by atoms with van der Waals surface area (Å²) in [5, 5.41) is 2.96. The largest absolute Gasteiger partial charge is 0.450 e. The van der Waals surface area contributed by atoms with Crippen molar-refractivity contribution in [2.24, 2.45) is 5.41 Å². The monoisotopic (exact) mass is 340 g/mol. The van der Waals surface area contributed by atoms with Crippen LogP contribution in [0.15, 0.2) is 0 Å². The first kappa shape index (κ1) is 11.3. The average molecular weight is 340 g/mol. The highest BCUT2D eigenvalue weighted by Gasteiger charge is 2.47. The molecule has 0 radical (unpaired) electrons. The first-order valence-electron chi connectivity index (χ1n) is 11.5. The minimum Gasteiger partial charge on any atom is -0.450 e. The van der Waals surface area contributed by atoms with Gasteiger partial charge in [0.2, 0.25) is 5.91 Å². The van der Waals surface area contributed by atoms with Crippen LogP contribution < -0.4 is 5.32 Å². The highest BCUT2D eigenvalue weighted by atomic mass is 16.6. The van der Waals surface area contributed by atoms with E-state index in [1.807, 2.05) is 0 Å². The van der Waals surface area contributed by atoms with Crippen molar-refractivity contribution in [1.82, 2.24) is 15.1 Å². The normalized spacial score (nSPS) is 39.5. The van der Waals surface area contributed by atoms with Gasteiger partial charge in [-0.2, -0.15) is 0 Å². The van der Waals surface area contributed by atoms with Gasteiger partial charge in [-0.15, -0.1) is 0 Å². The fourth-order valence-corrected chi connectivity index (χ4v) is 5.31. The van der Waals surface area contributed by atoms with E-state index in [1.165, 1.54) is 0 Å². The second-order valence-corrected chi connectivity index (χ2v) is 7.88. The minimum atomic E-state index is -3.01. The average Bonchev–Trinajstić information content (AvgIpc) is 3.11. The molecule has 4 saturated heterocycles. The van der Waals surface area contributed by atoms with E-state index < -0.39 is 19.5 Å². The second kappa shape index (κ2) is 6.21. The molecule has 4 aliphatic rings. The Morgan fingerprint density at radius 2 is 2.04 bits per heavy atom. The van der Waals surface area contributed by atoms with Crippen LogP contribution in [0.1, 0.15) is 58.7 Å². The molecule has 4 fully saturated rings. The molecule has 2 bridgehead atoms. The van der Waals surface area contributed by atoms with Crippen LogP contribution in [-0.4, -0.2) is 66.1 Å². The van der Waals surface area contributed by atoms with Crippen molar-refractivity contribution in [3.05, 3.63) is 0 Å². The van der Waals surface area contributed by atoms with Crippen molar-refractivity contribution in [2.45, 2.75) is 69.9 Å². The zero-order valence-electron chi connectivity index (χ0n) is 18.9. The first-order valence-corrected chi connectivity index (χ1v) is 9.02. The van der Waals surface area contributed by atoms with E-state index in [1.54, 1.807) is 4.90 Å². The number of piperidine rings is 2. The van der Waals surface area contributed by atoms with Crippen molar-refractivity contribution in [2.75, 3.05) is 26.2 Å². The summed E-state index contributed by atoms with van der Waals surface area (Å²) in [4.78, 5) is 28.2. The lowest BCUT2D eigenvalue weighted by Crippen LogP contribution is -2.54. The van der Waals surface area contributed by atoms with Crippen LogP contribution >= 0.6 is 0 Å². The van der Waals surface area contributed by atoms with Gasteiger partial charge in [-0.1, -0.05) is 0 Å². The maximum absolute atomic E-state index is 12.6. The molecule has 6 heteroatoms. The Morgan fingerprint density at radius 3 is 2.62 bits per heavy atom. The Kier molecular flexibility index (Phi) is 2.93. The lowest BCUT2D eigenvalue weighted by molar-refractivity contribution is -0.119. The number of carbonyl (C=O) groups excluding carboxylic acids is 2. The second-order valence-electron chi connectivity index (χ2n) is 7.88. The zero-order chi connectivity index (χ0) is 21.0. The molecule has 1 N–H and O–H groups in total. The van der Waals surface area contributed by atoms with Crippen molar-refractivity contribution >= 4 is 12.0 Å². The summed E-state index contributed by atoms with van der Waals surface area (Å²) >= 11 is 0. The molecule has 2 unspecified atom stereocenters. The van der Waals surface area contributed by atoms with Gasteiger partial charge in [0.1, 0.15) is 0 Å². The summed E-state index contributed by atoms with van der Waals surface area (Å²) in [6, 6.07) is 0.284. The Hall–Kier alpha value is -1.30. The van der Waals surface area contributed by atoms with Gasteiger partial charge in [0.25, 0.3) is 0 Å². The summed E-state index contributed by atoms with van der Waals surface area (Å²) in [6.45, 7) is -3.33. The Morgan fingerprint density at radius 1 is 1.33 bits per heavy atom. The van der Waals surface area contributed by atoms with Gasteiger partial charge in [-0.05, 0) is 63.9 Å². The van der Waals surface area contributed by atoms with Crippen molar-refractivity contribution in [3.63, 3.8) is 0 Å². The lowest BCUT2D eigenvalue weighted by Gasteiger charge is -2.46. The standard InChI is InChI=1S/C18H29N3O3/c1-2-24-17(23)21-13-3-4-14(21)10-15(9-13)20-7-5-18(6-8-20)11-16(22)19-12-18/h13-15H,2-12H2,1H3,(H,19,22)/i1D3,2D2. The number of amides is 2. The molecule has 1 spiro atoms.